The Morgan fingerprint density at radius 3 is 2.69 bits per heavy atom. The Morgan fingerprint density at radius 2 is 2.03 bits per heavy atom. The highest BCUT2D eigenvalue weighted by molar-refractivity contribution is 7.92. The van der Waals surface area contributed by atoms with Crippen molar-refractivity contribution in [1.29, 1.82) is 0 Å². The highest BCUT2D eigenvalue weighted by atomic mass is 32.2. The zero-order valence-corrected chi connectivity index (χ0v) is 21.0. The average molecular weight is 479 g/mol. The number of aromatic nitrogens is 1. The third kappa shape index (κ3) is 5.54. The molecule has 1 fully saturated rings. The van der Waals surface area contributed by atoms with Gasteiger partial charge in [-0.1, -0.05) is 12.1 Å². The molecule has 8 nitrogen and oxygen atoms in total. The summed E-state index contributed by atoms with van der Waals surface area (Å²) >= 11 is 0.236. The van der Waals surface area contributed by atoms with Crippen molar-refractivity contribution in [2.24, 2.45) is 0 Å². The van der Waals surface area contributed by atoms with E-state index in [0.29, 0.717) is 18.1 Å². The zero-order chi connectivity index (χ0) is 23.6. The van der Waals surface area contributed by atoms with Crippen molar-refractivity contribution in [1.82, 2.24) is 9.88 Å². The number of nitrogens with zero attached hydrogens (tertiary/aromatic N) is 4. The van der Waals surface area contributed by atoms with E-state index in [2.05, 4.69) is 4.98 Å². The van der Waals surface area contributed by atoms with E-state index in [1.165, 1.54) is 21.1 Å². The first-order valence-corrected chi connectivity index (χ1v) is 12.8. The quantitative estimate of drug-likeness (QED) is 0.606. The molecule has 0 aliphatic carbocycles. The van der Waals surface area contributed by atoms with Crippen LogP contribution in [0.1, 0.15) is 33.6 Å². The lowest BCUT2D eigenvalue weighted by Gasteiger charge is -2.29. The molecule has 0 radical (unpaired) electrons. The Labute approximate surface area is 196 Å². The van der Waals surface area contributed by atoms with Gasteiger partial charge in [-0.15, -0.1) is 11.3 Å². The van der Waals surface area contributed by atoms with Gasteiger partial charge in [0.15, 0.2) is 5.13 Å². The van der Waals surface area contributed by atoms with Gasteiger partial charge in [0.25, 0.3) is 5.91 Å². The summed E-state index contributed by atoms with van der Waals surface area (Å²) in [6, 6.07) is 7.07. The average Bonchev–Trinajstić information content (AvgIpc) is 3.40. The molecule has 0 spiro atoms. The van der Waals surface area contributed by atoms with Gasteiger partial charge in [0.1, 0.15) is 17.9 Å². The normalized spacial score (nSPS) is 17.2. The van der Waals surface area contributed by atoms with Crippen LogP contribution in [0.4, 0.5) is 15.6 Å². The van der Waals surface area contributed by atoms with E-state index >= 15 is 0 Å². The lowest BCUT2D eigenvalue weighted by atomic mass is 10.1. The maximum absolute atomic E-state index is 13.2. The number of amides is 2. The minimum atomic E-state index is -1.13. The van der Waals surface area contributed by atoms with Gasteiger partial charge >= 0.3 is 6.09 Å². The number of hydrogen-bond donors (Lipinski definition) is 0. The summed E-state index contributed by atoms with van der Waals surface area (Å²) < 4.78 is 18.9. The summed E-state index contributed by atoms with van der Waals surface area (Å²) in [4.78, 5) is 33.4. The summed E-state index contributed by atoms with van der Waals surface area (Å²) in [5, 5.41) is 2.44. The van der Waals surface area contributed by atoms with Crippen LogP contribution in [0.3, 0.4) is 0 Å². The van der Waals surface area contributed by atoms with Crippen LogP contribution < -0.4 is 9.21 Å². The maximum Gasteiger partial charge on any atom is 0.410 e. The molecule has 1 aromatic carbocycles. The second-order valence-electron chi connectivity index (χ2n) is 8.72. The molecule has 1 aliphatic heterocycles. The van der Waals surface area contributed by atoms with E-state index in [0.717, 1.165) is 23.4 Å². The third-order valence-electron chi connectivity index (χ3n) is 5.17. The lowest BCUT2D eigenvalue weighted by Crippen LogP contribution is -2.48. The summed E-state index contributed by atoms with van der Waals surface area (Å²) in [6.45, 7) is 5.94. The predicted molar refractivity (Wildman–Crippen MR) is 129 cm³/mol. The molecule has 2 amide bonds. The number of hydrogen-bond acceptors (Lipinski definition) is 7. The highest BCUT2D eigenvalue weighted by Gasteiger charge is 2.38. The van der Waals surface area contributed by atoms with E-state index in [-0.39, 0.29) is 5.91 Å². The summed E-state index contributed by atoms with van der Waals surface area (Å²) in [5.41, 5.74) is 1.81. The van der Waals surface area contributed by atoms with Crippen molar-refractivity contribution in [2.75, 3.05) is 36.1 Å². The first-order valence-electron chi connectivity index (χ1n) is 10.4. The van der Waals surface area contributed by atoms with E-state index in [4.69, 9.17) is 4.74 Å². The van der Waals surface area contributed by atoms with Crippen molar-refractivity contribution in [3.8, 4) is 11.3 Å². The lowest BCUT2D eigenvalue weighted by molar-refractivity contribution is -0.122. The van der Waals surface area contributed by atoms with Crippen LogP contribution in [-0.4, -0.2) is 65.0 Å². The van der Waals surface area contributed by atoms with Crippen LogP contribution in [0.15, 0.2) is 29.6 Å². The van der Waals surface area contributed by atoms with Crippen LogP contribution in [0.5, 0.6) is 0 Å². The molecule has 32 heavy (non-hydrogen) atoms. The summed E-state index contributed by atoms with van der Waals surface area (Å²) in [5.74, 6) is -0.177. The molecule has 2 unspecified atom stereocenters. The van der Waals surface area contributed by atoms with E-state index in [1.54, 1.807) is 24.7 Å². The third-order valence-corrected chi connectivity index (χ3v) is 7.07. The molecule has 0 N–H and O–H groups in total. The highest BCUT2D eigenvalue weighted by Crippen LogP contribution is 2.31. The second-order valence-corrected chi connectivity index (χ2v) is 10.9. The topological polar surface area (TPSA) is 89.0 Å². The van der Waals surface area contributed by atoms with Gasteiger partial charge in [-0.2, -0.15) is 4.31 Å². The van der Waals surface area contributed by atoms with Gasteiger partial charge in [0, 0.05) is 24.5 Å². The van der Waals surface area contributed by atoms with Gasteiger partial charge < -0.3 is 9.29 Å². The molecule has 10 heteroatoms. The molecular formula is C22H30N4O4S2. The molecule has 0 saturated carbocycles. The van der Waals surface area contributed by atoms with Crippen LogP contribution in [0, 0.1) is 0 Å². The number of rotatable bonds is 5. The summed E-state index contributed by atoms with van der Waals surface area (Å²) in [7, 11) is 3.45. The largest absolute Gasteiger partial charge is 0.593 e. The Morgan fingerprint density at radius 1 is 1.31 bits per heavy atom. The van der Waals surface area contributed by atoms with Gasteiger partial charge in [0.2, 0.25) is 0 Å². The maximum atomic E-state index is 13.2. The monoisotopic (exact) mass is 478 g/mol. The molecule has 2 aromatic rings. The number of likely N-dealkylation sites (tertiary alicyclic amines) is 1. The SMILES string of the molecule is CN(C(=O)C1CCCN1C(=O)OC(C)(C)C)c1nc(-c2cccc(N(C)[S+](C)[O-])c2)cs1. The number of carbonyl (C=O) groups is 2. The van der Waals surface area contributed by atoms with Crippen LogP contribution in [0.2, 0.25) is 0 Å². The van der Waals surface area contributed by atoms with Crippen molar-refractivity contribution in [2.45, 2.75) is 45.3 Å². The van der Waals surface area contributed by atoms with Crippen molar-refractivity contribution >= 4 is 45.5 Å². The molecule has 3 rings (SSSR count). The first kappa shape index (κ1) is 24.3. The Kier molecular flexibility index (Phi) is 7.36. The fourth-order valence-electron chi connectivity index (χ4n) is 3.44. The number of carbonyl (C=O) groups excluding carboxylic acids is 2. The number of benzene rings is 1. The fraction of sp³-hybridized carbons (Fsp3) is 0.500. The predicted octanol–water partition coefficient (Wildman–Crippen LogP) is 3.90. The zero-order valence-electron chi connectivity index (χ0n) is 19.3. The Balaban J connectivity index is 1.75. The van der Waals surface area contributed by atoms with Crippen molar-refractivity contribution in [3.63, 3.8) is 0 Å². The number of ether oxygens (including phenoxy) is 1. The van der Waals surface area contributed by atoms with Crippen LogP contribution >= 0.6 is 11.3 Å². The smallest absolute Gasteiger partial charge is 0.410 e. The fourth-order valence-corrected chi connectivity index (χ4v) is 4.66. The number of thiazole rings is 1. The molecule has 2 atom stereocenters. The minimum absolute atomic E-state index is 0.177. The summed E-state index contributed by atoms with van der Waals surface area (Å²) in [6.07, 6.45) is 2.52. The van der Waals surface area contributed by atoms with Gasteiger partial charge in [-0.3, -0.25) is 14.6 Å². The Bertz CT molecular complexity index is 973. The van der Waals surface area contributed by atoms with Crippen LogP contribution in [-0.2, 0) is 20.9 Å². The van der Waals surface area contributed by atoms with Gasteiger partial charge in [-0.25, -0.2) is 9.78 Å². The minimum Gasteiger partial charge on any atom is -0.593 e. The van der Waals surface area contributed by atoms with Gasteiger partial charge in [-0.05, 0) is 45.7 Å². The number of anilines is 2. The Hall–Kier alpha value is -2.30. The molecule has 1 saturated heterocycles. The molecule has 174 valence electrons. The standard InChI is InChI=1S/C22H30N4O4S2/c1-22(2,3)30-21(28)26-12-8-11-18(26)19(27)24(4)20-23-17(14-31-20)15-9-7-10-16(13-15)25(5)32(6)29/h7,9-10,13-14,18H,8,11-12H2,1-6H3. The van der Waals surface area contributed by atoms with Crippen molar-refractivity contribution in [3.05, 3.63) is 29.6 Å². The molecule has 0 bridgehead atoms. The molecule has 1 aromatic heterocycles. The van der Waals surface area contributed by atoms with Gasteiger partial charge in [0.05, 0.1) is 29.8 Å². The number of likely N-dealkylation sites (N-methyl/N-ethyl adjacent to an activating group) is 1. The molecule has 1 aliphatic rings. The first-order chi connectivity index (χ1) is 15.0. The van der Waals surface area contributed by atoms with Crippen LogP contribution in [0.25, 0.3) is 11.3 Å². The van der Waals surface area contributed by atoms with Crippen molar-refractivity contribution < 1.29 is 18.9 Å². The molecular weight excluding hydrogens is 448 g/mol. The van der Waals surface area contributed by atoms with E-state index in [9.17, 15) is 14.1 Å². The molecule has 2 heterocycles. The van der Waals surface area contributed by atoms with E-state index in [1.807, 2.05) is 50.4 Å². The van der Waals surface area contributed by atoms with E-state index < -0.39 is 29.1 Å². The second kappa shape index (κ2) is 9.68.